The van der Waals surface area contributed by atoms with Gasteiger partial charge in [-0.2, -0.15) is 0 Å². The minimum Gasteiger partial charge on any atom is -0.382 e. The third-order valence-corrected chi connectivity index (χ3v) is 5.35. The molecule has 0 unspecified atom stereocenters. The van der Waals surface area contributed by atoms with Gasteiger partial charge in [-0.25, -0.2) is 8.42 Å². The second-order valence-corrected chi connectivity index (χ2v) is 7.97. The molecule has 0 aromatic heterocycles. The molecule has 7 nitrogen and oxygen atoms in total. The third-order valence-electron chi connectivity index (χ3n) is 3.75. The van der Waals surface area contributed by atoms with Crippen molar-refractivity contribution in [3.8, 4) is 0 Å². The van der Waals surface area contributed by atoms with Crippen LogP contribution < -0.4 is 4.72 Å². The minimum absolute atomic E-state index is 0.113. The van der Waals surface area contributed by atoms with Gasteiger partial charge in [0.1, 0.15) is 0 Å². The third kappa shape index (κ3) is 7.47. The lowest BCUT2D eigenvalue weighted by Crippen LogP contribution is -2.35. The van der Waals surface area contributed by atoms with Crippen LogP contribution in [0.15, 0.2) is 18.2 Å². The molecule has 2 rings (SSSR count). The Kier molecular flexibility index (Phi) is 8.41. The summed E-state index contributed by atoms with van der Waals surface area (Å²) in [5, 5.41) is 0.544. The summed E-state index contributed by atoms with van der Waals surface area (Å²) in [5.74, 6) is -0.121. The molecule has 1 fully saturated rings. The summed E-state index contributed by atoms with van der Waals surface area (Å²) < 4.78 is 42.0. The Labute approximate surface area is 154 Å². The van der Waals surface area contributed by atoms with Crippen LogP contribution >= 0.6 is 11.6 Å². The Morgan fingerprint density at radius 1 is 1.24 bits per heavy atom. The fourth-order valence-corrected chi connectivity index (χ4v) is 3.55. The van der Waals surface area contributed by atoms with Crippen LogP contribution in [0, 0.1) is 0 Å². The van der Waals surface area contributed by atoms with Crippen molar-refractivity contribution in [3.63, 3.8) is 0 Å². The van der Waals surface area contributed by atoms with E-state index >= 15 is 0 Å². The van der Waals surface area contributed by atoms with E-state index in [2.05, 4.69) is 9.62 Å². The van der Waals surface area contributed by atoms with Crippen molar-refractivity contribution in [2.75, 3.05) is 63.7 Å². The standard InChI is InChI=1S/C16H25ClN2O5S/c1-22-8-9-24-10-11-25(20,21)18-15-3-2-14(16(17)12-15)13-19-4-6-23-7-5-19/h2-3,12,18H,4-11,13H2,1H3. The Morgan fingerprint density at radius 3 is 2.68 bits per heavy atom. The number of sulfonamides is 1. The lowest BCUT2D eigenvalue weighted by atomic mass is 10.2. The van der Waals surface area contributed by atoms with Crippen LogP contribution in [-0.4, -0.2) is 72.3 Å². The van der Waals surface area contributed by atoms with Crippen molar-refractivity contribution in [2.24, 2.45) is 0 Å². The van der Waals surface area contributed by atoms with E-state index in [4.69, 9.17) is 25.8 Å². The molecule has 0 saturated carbocycles. The first-order chi connectivity index (χ1) is 12.0. The summed E-state index contributed by atoms with van der Waals surface area (Å²) in [7, 11) is -1.92. The lowest BCUT2D eigenvalue weighted by molar-refractivity contribution is 0.0342. The van der Waals surface area contributed by atoms with Crippen LogP contribution in [0.5, 0.6) is 0 Å². The van der Waals surface area contributed by atoms with Gasteiger partial charge in [0.25, 0.3) is 0 Å². The number of hydrogen-bond acceptors (Lipinski definition) is 6. The maximum atomic E-state index is 12.1. The summed E-state index contributed by atoms with van der Waals surface area (Å²) in [5.41, 5.74) is 1.42. The Balaban J connectivity index is 1.86. The summed E-state index contributed by atoms with van der Waals surface area (Å²) in [6, 6.07) is 5.22. The molecule has 25 heavy (non-hydrogen) atoms. The van der Waals surface area contributed by atoms with E-state index in [0.29, 0.717) is 23.9 Å². The first-order valence-corrected chi connectivity index (χ1v) is 10.2. The molecule has 0 aliphatic carbocycles. The fourth-order valence-electron chi connectivity index (χ4n) is 2.38. The number of rotatable bonds is 10. The molecule has 1 aromatic carbocycles. The average Bonchev–Trinajstić information content (AvgIpc) is 2.58. The topological polar surface area (TPSA) is 77.1 Å². The molecule has 0 spiro atoms. The molecule has 1 saturated heterocycles. The SMILES string of the molecule is COCCOCCS(=O)(=O)Nc1ccc(CN2CCOCC2)c(Cl)c1. The van der Waals surface area contributed by atoms with Gasteiger partial charge in [-0.1, -0.05) is 17.7 Å². The fraction of sp³-hybridized carbons (Fsp3) is 0.625. The molecule has 0 radical (unpaired) electrons. The van der Waals surface area contributed by atoms with Crippen LogP contribution in [0.3, 0.4) is 0 Å². The average molecular weight is 393 g/mol. The summed E-state index contributed by atoms with van der Waals surface area (Å²) >= 11 is 6.31. The highest BCUT2D eigenvalue weighted by Gasteiger charge is 2.14. The molecule has 1 aromatic rings. The number of methoxy groups -OCH3 is 1. The zero-order chi connectivity index (χ0) is 18.1. The number of nitrogens with one attached hydrogen (secondary N) is 1. The highest BCUT2D eigenvalue weighted by Crippen LogP contribution is 2.23. The van der Waals surface area contributed by atoms with Gasteiger partial charge in [0.05, 0.1) is 38.8 Å². The molecule has 1 heterocycles. The number of benzene rings is 1. The first-order valence-electron chi connectivity index (χ1n) is 8.16. The highest BCUT2D eigenvalue weighted by atomic mass is 35.5. The summed E-state index contributed by atoms with van der Waals surface area (Å²) in [6.07, 6.45) is 0. The van der Waals surface area contributed by atoms with Crippen molar-refractivity contribution in [2.45, 2.75) is 6.54 Å². The van der Waals surface area contributed by atoms with Gasteiger partial charge in [0, 0.05) is 37.5 Å². The molecule has 0 atom stereocenters. The lowest BCUT2D eigenvalue weighted by Gasteiger charge is -2.27. The predicted molar refractivity (Wildman–Crippen MR) is 97.7 cm³/mol. The van der Waals surface area contributed by atoms with Gasteiger partial charge in [-0.15, -0.1) is 0 Å². The van der Waals surface area contributed by atoms with Gasteiger partial charge in [-0.3, -0.25) is 9.62 Å². The second-order valence-electron chi connectivity index (χ2n) is 5.72. The summed E-state index contributed by atoms with van der Waals surface area (Å²) in [4.78, 5) is 2.26. The summed E-state index contributed by atoms with van der Waals surface area (Å²) in [6.45, 7) is 4.83. The van der Waals surface area contributed by atoms with Gasteiger partial charge >= 0.3 is 0 Å². The second kappa shape index (κ2) is 10.3. The minimum atomic E-state index is -3.48. The van der Waals surface area contributed by atoms with E-state index in [0.717, 1.165) is 38.4 Å². The van der Waals surface area contributed by atoms with E-state index in [9.17, 15) is 8.42 Å². The predicted octanol–water partition coefficient (Wildman–Crippen LogP) is 1.58. The van der Waals surface area contributed by atoms with E-state index in [1.54, 1.807) is 19.2 Å². The van der Waals surface area contributed by atoms with Crippen LogP contribution in [0.4, 0.5) is 5.69 Å². The van der Waals surface area contributed by atoms with Crippen molar-refractivity contribution in [1.82, 2.24) is 4.90 Å². The van der Waals surface area contributed by atoms with E-state index in [1.807, 2.05) is 6.07 Å². The van der Waals surface area contributed by atoms with Crippen molar-refractivity contribution in [3.05, 3.63) is 28.8 Å². The van der Waals surface area contributed by atoms with E-state index in [-0.39, 0.29) is 12.4 Å². The quantitative estimate of drug-likeness (QED) is 0.609. The maximum absolute atomic E-state index is 12.1. The molecule has 0 bridgehead atoms. The van der Waals surface area contributed by atoms with E-state index < -0.39 is 10.0 Å². The van der Waals surface area contributed by atoms with Crippen LogP contribution in [0.1, 0.15) is 5.56 Å². The largest absolute Gasteiger partial charge is 0.382 e. The molecular weight excluding hydrogens is 368 g/mol. The molecule has 0 amide bonds. The molecule has 9 heteroatoms. The Bertz CT molecular complexity index is 635. The van der Waals surface area contributed by atoms with Gasteiger partial charge in [0.15, 0.2) is 0 Å². The van der Waals surface area contributed by atoms with E-state index in [1.165, 1.54) is 0 Å². The Morgan fingerprint density at radius 2 is 2.00 bits per heavy atom. The highest BCUT2D eigenvalue weighted by molar-refractivity contribution is 7.92. The monoisotopic (exact) mass is 392 g/mol. The molecular formula is C16H25ClN2O5S. The van der Waals surface area contributed by atoms with Crippen molar-refractivity contribution >= 4 is 27.3 Å². The molecule has 1 N–H and O–H groups in total. The van der Waals surface area contributed by atoms with Gasteiger partial charge in [0.2, 0.25) is 10.0 Å². The van der Waals surface area contributed by atoms with Gasteiger partial charge in [-0.05, 0) is 17.7 Å². The zero-order valence-corrected chi connectivity index (χ0v) is 15.9. The van der Waals surface area contributed by atoms with Crippen molar-refractivity contribution < 1.29 is 22.6 Å². The number of halogens is 1. The number of nitrogens with zero attached hydrogens (tertiary/aromatic N) is 1. The number of hydrogen-bond donors (Lipinski definition) is 1. The normalized spacial score (nSPS) is 16.1. The number of ether oxygens (including phenoxy) is 3. The van der Waals surface area contributed by atoms with Gasteiger partial charge < -0.3 is 14.2 Å². The Hall–Kier alpha value is -0.900. The zero-order valence-electron chi connectivity index (χ0n) is 14.4. The first kappa shape index (κ1) is 20.4. The molecule has 1 aliphatic rings. The number of anilines is 1. The molecule has 142 valence electrons. The molecule has 1 aliphatic heterocycles. The van der Waals surface area contributed by atoms with Crippen LogP contribution in [-0.2, 0) is 30.8 Å². The smallest absolute Gasteiger partial charge is 0.235 e. The number of morpholine rings is 1. The van der Waals surface area contributed by atoms with Crippen molar-refractivity contribution in [1.29, 1.82) is 0 Å². The van der Waals surface area contributed by atoms with Crippen LogP contribution in [0.25, 0.3) is 0 Å². The van der Waals surface area contributed by atoms with Crippen LogP contribution in [0.2, 0.25) is 5.02 Å². The maximum Gasteiger partial charge on any atom is 0.235 e.